The van der Waals surface area contributed by atoms with Gasteiger partial charge in [-0.15, -0.1) is 11.3 Å². The van der Waals surface area contributed by atoms with E-state index in [1.807, 2.05) is 15.2 Å². The fourth-order valence-corrected chi connectivity index (χ4v) is 5.71. The SMILES string of the molecule is CCCCC(CC)C(=O)N(CCN1CCCC1)CC(=O)N(Cc1ccc(F)cc1)Cc1sccc1C. The summed E-state index contributed by atoms with van der Waals surface area (Å²) in [6.45, 7) is 10.7. The summed E-state index contributed by atoms with van der Waals surface area (Å²) in [5, 5.41) is 2.04. The van der Waals surface area contributed by atoms with Crippen molar-refractivity contribution in [3.8, 4) is 0 Å². The normalized spacial score (nSPS) is 14.7. The average molecular weight is 516 g/mol. The van der Waals surface area contributed by atoms with E-state index in [0.29, 0.717) is 19.6 Å². The Labute approximate surface area is 220 Å². The van der Waals surface area contributed by atoms with Gasteiger partial charge in [-0.1, -0.05) is 38.8 Å². The lowest BCUT2D eigenvalue weighted by atomic mass is 9.97. The van der Waals surface area contributed by atoms with Gasteiger partial charge in [0, 0.05) is 30.4 Å². The molecule has 0 N–H and O–H groups in total. The zero-order valence-corrected chi connectivity index (χ0v) is 23.0. The number of hydrogen-bond acceptors (Lipinski definition) is 4. The molecular weight excluding hydrogens is 473 g/mol. The van der Waals surface area contributed by atoms with Gasteiger partial charge in [-0.25, -0.2) is 4.39 Å². The smallest absolute Gasteiger partial charge is 0.242 e. The van der Waals surface area contributed by atoms with Crippen LogP contribution in [0.3, 0.4) is 0 Å². The zero-order valence-electron chi connectivity index (χ0n) is 22.2. The number of aryl methyl sites for hydroxylation is 1. The Morgan fingerprint density at radius 2 is 1.78 bits per heavy atom. The molecule has 198 valence electrons. The molecule has 0 spiro atoms. The summed E-state index contributed by atoms with van der Waals surface area (Å²) < 4.78 is 13.5. The fourth-order valence-electron chi connectivity index (χ4n) is 4.79. The summed E-state index contributed by atoms with van der Waals surface area (Å²) in [6, 6.07) is 8.38. The van der Waals surface area contributed by atoms with Crippen molar-refractivity contribution in [2.24, 2.45) is 5.92 Å². The van der Waals surface area contributed by atoms with Crippen LogP contribution in [0, 0.1) is 18.7 Å². The number of rotatable bonds is 14. The third-order valence-electron chi connectivity index (χ3n) is 7.21. The van der Waals surface area contributed by atoms with E-state index in [2.05, 4.69) is 31.7 Å². The third-order valence-corrected chi connectivity index (χ3v) is 8.22. The van der Waals surface area contributed by atoms with E-state index in [1.54, 1.807) is 23.5 Å². The third kappa shape index (κ3) is 8.41. The van der Waals surface area contributed by atoms with Gasteiger partial charge in [0.2, 0.25) is 11.8 Å². The molecule has 1 atom stereocenters. The van der Waals surface area contributed by atoms with E-state index in [0.717, 1.165) is 61.3 Å². The van der Waals surface area contributed by atoms with Gasteiger partial charge in [0.15, 0.2) is 0 Å². The monoisotopic (exact) mass is 515 g/mol. The summed E-state index contributed by atoms with van der Waals surface area (Å²) in [4.78, 5) is 34.5. The minimum absolute atomic E-state index is 0.0404. The second kappa shape index (κ2) is 14.5. The highest BCUT2D eigenvalue weighted by molar-refractivity contribution is 7.10. The second-order valence-electron chi connectivity index (χ2n) is 9.96. The molecule has 2 heterocycles. The lowest BCUT2D eigenvalue weighted by Gasteiger charge is -2.31. The number of halogens is 1. The van der Waals surface area contributed by atoms with E-state index >= 15 is 0 Å². The molecule has 1 aromatic carbocycles. The Kier molecular flexibility index (Phi) is 11.4. The van der Waals surface area contributed by atoms with E-state index in [1.165, 1.54) is 25.0 Å². The highest BCUT2D eigenvalue weighted by atomic mass is 32.1. The average Bonchev–Trinajstić information content (AvgIpc) is 3.54. The number of carbonyl (C=O) groups is 2. The maximum atomic E-state index is 13.7. The van der Waals surface area contributed by atoms with Crippen LogP contribution in [0.15, 0.2) is 35.7 Å². The quantitative estimate of drug-likeness (QED) is 0.316. The van der Waals surface area contributed by atoms with Crippen LogP contribution < -0.4 is 0 Å². The lowest BCUT2D eigenvalue weighted by molar-refractivity contribution is -0.144. The predicted molar refractivity (Wildman–Crippen MR) is 145 cm³/mol. The molecule has 1 saturated heterocycles. The zero-order chi connectivity index (χ0) is 25.9. The van der Waals surface area contributed by atoms with Crippen molar-refractivity contribution in [1.82, 2.24) is 14.7 Å². The Balaban J connectivity index is 1.77. The minimum Gasteiger partial charge on any atom is -0.332 e. The molecule has 2 amide bonds. The van der Waals surface area contributed by atoms with Crippen LogP contribution in [0.1, 0.15) is 68.4 Å². The summed E-state index contributed by atoms with van der Waals surface area (Å²) >= 11 is 1.64. The molecule has 1 unspecified atom stereocenters. The molecule has 5 nitrogen and oxygen atoms in total. The molecule has 7 heteroatoms. The van der Waals surface area contributed by atoms with Crippen molar-refractivity contribution in [2.45, 2.75) is 72.4 Å². The highest BCUT2D eigenvalue weighted by Crippen LogP contribution is 2.21. The Bertz CT molecular complexity index is 956. The van der Waals surface area contributed by atoms with Crippen LogP contribution in [-0.4, -0.2) is 59.2 Å². The molecule has 0 aliphatic carbocycles. The van der Waals surface area contributed by atoms with Gasteiger partial charge >= 0.3 is 0 Å². The molecule has 36 heavy (non-hydrogen) atoms. The first-order chi connectivity index (χ1) is 17.4. The van der Waals surface area contributed by atoms with Crippen molar-refractivity contribution in [1.29, 1.82) is 0 Å². The van der Waals surface area contributed by atoms with Gasteiger partial charge < -0.3 is 14.7 Å². The van der Waals surface area contributed by atoms with E-state index < -0.39 is 0 Å². The van der Waals surface area contributed by atoms with Gasteiger partial charge in [-0.2, -0.15) is 0 Å². The molecule has 0 bridgehead atoms. The number of amides is 2. The van der Waals surface area contributed by atoms with Crippen LogP contribution >= 0.6 is 11.3 Å². The molecule has 1 fully saturated rings. The number of thiophene rings is 1. The number of nitrogens with zero attached hydrogens (tertiary/aromatic N) is 3. The van der Waals surface area contributed by atoms with Crippen molar-refractivity contribution in [2.75, 3.05) is 32.7 Å². The van der Waals surface area contributed by atoms with Crippen LogP contribution in [0.25, 0.3) is 0 Å². The van der Waals surface area contributed by atoms with Crippen molar-refractivity contribution in [3.05, 3.63) is 57.5 Å². The predicted octanol–water partition coefficient (Wildman–Crippen LogP) is 5.87. The summed E-state index contributed by atoms with van der Waals surface area (Å²) in [5.74, 6) is -0.289. The number of carbonyl (C=O) groups excluding carboxylic acids is 2. The molecule has 1 aromatic heterocycles. The molecule has 0 radical (unpaired) electrons. The van der Waals surface area contributed by atoms with Crippen molar-refractivity contribution >= 4 is 23.2 Å². The van der Waals surface area contributed by atoms with E-state index in [9.17, 15) is 14.0 Å². The van der Waals surface area contributed by atoms with Crippen molar-refractivity contribution < 1.29 is 14.0 Å². The van der Waals surface area contributed by atoms with Crippen LogP contribution in [-0.2, 0) is 22.7 Å². The maximum Gasteiger partial charge on any atom is 0.242 e. The number of hydrogen-bond donors (Lipinski definition) is 0. The van der Waals surface area contributed by atoms with Crippen molar-refractivity contribution in [3.63, 3.8) is 0 Å². The second-order valence-corrected chi connectivity index (χ2v) is 11.0. The molecule has 2 aromatic rings. The molecule has 3 rings (SSSR count). The van der Waals surface area contributed by atoms with Gasteiger partial charge in [0.25, 0.3) is 0 Å². The Morgan fingerprint density at radius 3 is 2.39 bits per heavy atom. The Morgan fingerprint density at radius 1 is 1.06 bits per heavy atom. The molecule has 0 saturated carbocycles. The largest absolute Gasteiger partial charge is 0.332 e. The van der Waals surface area contributed by atoms with Crippen LogP contribution in [0.2, 0.25) is 0 Å². The molecule has 1 aliphatic heterocycles. The summed E-state index contributed by atoms with van der Waals surface area (Å²) in [7, 11) is 0. The standard InChI is InChI=1S/C29H42FN3O2S/c1-4-6-9-25(5-2)29(35)32(18-17-31-15-7-8-16-31)22-28(34)33(21-27-23(3)14-19-36-27)20-24-10-12-26(30)13-11-24/h10-14,19,25H,4-9,15-18,20-22H2,1-3H3. The molecule has 1 aliphatic rings. The summed E-state index contributed by atoms with van der Waals surface area (Å²) in [6.07, 6.45) is 6.14. The first kappa shape index (κ1) is 28.3. The minimum atomic E-state index is -0.290. The van der Waals surface area contributed by atoms with E-state index in [4.69, 9.17) is 0 Å². The van der Waals surface area contributed by atoms with Gasteiger partial charge in [0.05, 0.1) is 13.1 Å². The van der Waals surface area contributed by atoms with Crippen LogP contribution in [0.4, 0.5) is 4.39 Å². The number of benzene rings is 1. The highest BCUT2D eigenvalue weighted by Gasteiger charge is 2.27. The van der Waals surface area contributed by atoms with Gasteiger partial charge in [-0.05, 0) is 80.4 Å². The maximum absolute atomic E-state index is 13.7. The van der Waals surface area contributed by atoms with Gasteiger partial charge in [0.1, 0.15) is 5.82 Å². The first-order valence-corrected chi connectivity index (χ1v) is 14.4. The lowest BCUT2D eigenvalue weighted by Crippen LogP contribution is -2.47. The van der Waals surface area contributed by atoms with Gasteiger partial charge in [-0.3, -0.25) is 9.59 Å². The summed E-state index contributed by atoms with van der Waals surface area (Å²) in [5.41, 5.74) is 2.03. The number of unbranched alkanes of at least 4 members (excludes halogenated alkanes) is 1. The molecular formula is C29H42FN3O2S. The van der Waals surface area contributed by atoms with Crippen LogP contribution in [0.5, 0.6) is 0 Å². The van der Waals surface area contributed by atoms with E-state index in [-0.39, 0.29) is 30.1 Å². The Hall–Kier alpha value is -2.25. The number of likely N-dealkylation sites (tertiary alicyclic amines) is 1. The topological polar surface area (TPSA) is 43.9 Å². The fraction of sp³-hybridized carbons (Fsp3) is 0.586. The first-order valence-electron chi connectivity index (χ1n) is 13.5.